The van der Waals surface area contributed by atoms with Gasteiger partial charge in [0.2, 0.25) is 5.91 Å². The van der Waals surface area contributed by atoms with E-state index in [4.69, 9.17) is 0 Å². The molecule has 16 heavy (non-hydrogen) atoms. The van der Waals surface area contributed by atoms with Crippen LogP contribution in [0.4, 0.5) is 0 Å². The van der Waals surface area contributed by atoms with Crippen LogP contribution in [0.5, 0.6) is 0 Å². The topological polar surface area (TPSA) is 46.6 Å². The lowest BCUT2D eigenvalue weighted by Gasteiger charge is -2.23. The van der Waals surface area contributed by atoms with Crippen LogP contribution >= 0.6 is 0 Å². The lowest BCUT2D eigenvalue weighted by Crippen LogP contribution is -2.36. The molecule has 0 bridgehead atoms. The van der Waals surface area contributed by atoms with Gasteiger partial charge < -0.3 is 9.64 Å². The summed E-state index contributed by atoms with van der Waals surface area (Å²) in [6.45, 7) is 7.02. The molecule has 0 aliphatic rings. The standard InChI is InChI=1S/C12H23NO3/c1-5-6-8-13(12(15)10(2)3)9-7-11(14)16-4/h10H,5-9H2,1-4H3. The Balaban J connectivity index is 4.20. The Labute approximate surface area is 98.0 Å². The summed E-state index contributed by atoms with van der Waals surface area (Å²) in [4.78, 5) is 24.6. The van der Waals surface area contributed by atoms with Crippen molar-refractivity contribution in [1.82, 2.24) is 4.90 Å². The van der Waals surface area contributed by atoms with E-state index in [2.05, 4.69) is 11.7 Å². The van der Waals surface area contributed by atoms with E-state index in [1.807, 2.05) is 13.8 Å². The van der Waals surface area contributed by atoms with Crippen molar-refractivity contribution in [3.8, 4) is 0 Å². The Morgan fingerprint density at radius 3 is 2.31 bits per heavy atom. The molecule has 0 aliphatic carbocycles. The SMILES string of the molecule is CCCCN(CCC(=O)OC)C(=O)C(C)C. The van der Waals surface area contributed by atoms with Crippen LogP contribution in [-0.2, 0) is 14.3 Å². The number of amides is 1. The average molecular weight is 229 g/mol. The number of rotatable bonds is 7. The van der Waals surface area contributed by atoms with Crippen molar-refractivity contribution >= 4 is 11.9 Å². The second kappa shape index (κ2) is 8.13. The molecule has 1 amide bonds. The Morgan fingerprint density at radius 1 is 1.25 bits per heavy atom. The normalized spacial score (nSPS) is 10.3. The summed E-state index contributed by atoms with van der Waals surface area (Å²) < 4.78 is 4.57. The number of methoxy groups -OCH3 is 1. The molecule has 0 aromatic rings. The average Bonchev–Trinajstić information content (AvgIpc) is 2.27. The molecule has 0 heterocycles. The van der Waals surface area contributed by atoms with Gasteiger partial charge in [0, 0.05) is 19.0 Å². The molecule has 0 spiro atoms. The van der Waals surface area contributed by atoms with E-state index in [0.29, 0.717) is 6.54 Å². The van der Waals surface area contributed by atoms with Crippen molar-refractivity contribution in [2.45, 2.75) is 40.0 Å². The molecular formula is C12H23NO3. The van der Waals surface area contributed by atoms with E-state index in [9.17, 15) is 9.59 Å². The highest BCUT2D eigenvalue weighted by molar-refractivity contribution is 5.78. The first-order valence-electron chi connectivity index (χ1n) is 5.88. The van der Waals surface area contributed by atoms with E-state index in [1.54, 1.807) is 4.90 Å². The van der Waals surface area contributed by atoms with Crippen LogP contribution < -0.4 is 0 Å². The molecule has 0 aromatic carbocycles. The second-order valence-corrected chi connectivity index (χ2v) is 4.16. The van der Waals surface area contributed by atoms with Crippen molar-refractivity contribution in [2.24, 2.45) is 5.92 Å². The minimum atomic E-state index is -0.266. The minimum Gasteiger partial charge on any atom is -0.469 e. The maximum Gasteiger partial charge on any atom is 0.307 e. The quantitative estimate of drug-likeness (QED) is 0.626. The number of esters is 1. The molecule has 94 valence electrons. The summed E-state index contributed by atoms with van der Waals surface area (Å²) in [5.41, 5.74) is 0. The molecule has 0 fully saturated rings. The van der Waals surface area contributed by atoms with E-state index >= 15 is 0 Å². The first-order chi connectivity index (χ1) is 7.52. The van der Waals surface area contributed by atoms with Gasteiger partial charge >= 0.3 is 5.97 Å². The van der Waals surface area contributed by atoms with Gasteiger partial charge in [0.1, 0.15) is 0 Å². The predicted molar refractivity (Wildman–Crippen MR) is 63.0 cm³/mol. The molecule has 0 rings (SSSR count). The van der Waals surface area contributed by atoms with Gasteiger partial charge in [0.05, 0.1) is 13.5 Å². The number of carbonyl (C=O) groups is 2. The van der Waals surface area contributed by atoms with Gasteiger partial charge in [0.15, 0.2) is 0 Å². The van der Waals surface area contributed by atoms with Gasteiger partial charge in [-0.15, -0.1) is 0 Å². The number of hydrogen-bond acceptors (Lipinski definition) is 3. The largest absolute Gasteiger partial charge is 0.469 e. The summed E-state index contributed by atoms with van der Waals surface area (Å²) >= 11 is 0. The van der Waals surface area contributed by atoms with Crippen LogP contribution in [0.3, 0.4) is 0 Å². The third-order valence-corrected chi connectivity index (χ3v) is 2.40. The zero-order valence-corrected chi connectivity index (χ0v) is 10.8. The van der Waals surface area contributed by atoms with Crippen molar-refractivity contribution in [3.63, 3.8) is 0 Å². The summed E-state index contributed by atoms with van der Waals surface area (Å²) in [7, 11) is 1.36. The van der Waals surface area contributed by atoms with Gasteiger partial charge in [-0.05, 0) is 6.42 Å². The first-order valence-corrected chi connectivity index (χ1v) is 5.88. The highest BCUT2D eigenvalue weighted by Crippen LogP contribution is 2.05. The third kappa shape index (κ3) is 5.73. The highest BCUT2D eigenvalue weighted by atomic mass is 16.5. The van der Waals surface area contributed by atoms with Gasteiger partial charge in [-0.2, -0.15) is 0 Å². The van der Waals surface area contributed by atoms with Crippen molar-refractivity contribution in [1.29, 1.82) is 0 Å². The van der Waals surface area contributed by atoms with Gasteiger partial charge in [-0.25, -0.2) is 0 Å². The third-order valence-electron chi connectivity index (χ3n) is 2.40. The van der Waals surface area contributed by atoms with Crippen LogP contribution in [0.2, 0.25) is 0 Å². The minimum absolute atomic E-state index is 0.0190. The predicted octanol–water partition coefficient (Wildman–Crippen LogP) is 1.83. The summed E-state index contributed by atoms with van der Waals surface area (Å²) in [5.74, 6) is -0.176. The number of unbranched alkanes of at least 4 members (excludes halogenated alkanes) is 1. The van der Waals surface area contributed by atoms with Crippen LogP contribution in [0.1, 0.15) is 40.0 Å². The number of carbonyl (C=O) groups excluding carboxylic acids is 2. The highest BCUT2D eigenvalue weighted by Gasteiger charge is 2.17. The monoisotopic (exact) mass is 229 g/mol. The fourth-order valence-electron chi connectivity index (χ4n) is 1.37. The lowest BCUT2D eigenvalue weighted by atomic mass is 10.1. The maximum atomic E-state index is 11.8. The molecule has 0 radical (unpaired) electrons. The van der Waals surface area contributed by atoms with Crippen LogP contribution in [0, 0.1) is 5.92 Å². The van der Waals surface area contributed by atoms with E-state index < -0.39 is 0 Å². The van der Waals surface area contributed by atoms with Gasteiger partial charge in [-0.1, -0.05) is 27.2 Å². The Bertz CT molecular complexity index is 226. The fourth-order valence-corrected chi connectivity index (χ4v) is 1.37. The molecule has 4 heteroatoms. The zero-order chi connectivity index (χ0) is 12.6. The second-order valence-electron chi connectivity index (χ2n) is 4.16. The van der Waals surface area contributed by atoms with Crippen molar-refractivity contribution in [2.75, 3.05) is 20.2 Å². The summed E-state index contributed by atoms with van der Waals surface area (Å²) in [6.07, 6.45) is 2.29. The Hall–Kier alpha value is -1.06. The number of hydrogen-bond donors (Lipinski definition) is 0. The fraction of sp³-hybridized carbons (Fsp3) is 0.833. The summed E-state index contributed by atoms with van der Waals surface area (Å²) in [6, 6.07) is 0. The zero-order valence-electron chi connectivity index (χ0n) is 10.8. The lowest BCUT2D eigenvalue weighted by molar-refractivity contribution is -0.142. The molecular weight excluding hydrogens is 206 g/mol. The molecule has 0 saturated carbocycles. The molecule has 0 unspecified atom stereocenters. The molecule has 0 aromatic heterocycles. The number of ether oxygens (including phenoxy) is 1. The Morgan fingerprint density at radius 2 is 1.88 bits per heavy atom. The summed E-state index contributed by atoms with van der Waals surface area (Å²) in [5, 5.41) is 0. The molecule has 0 N–H and O–H groups in total. The Kier molecular flexibility index (Phi) is 7.60. The van der Waals surface area contributed by atoms with Gasteiger partial charge in [0.25, 0.3) is 0 Å². The van der Waals surface area contributed by atoms with Gasteiger partial charge in [-0.3, -0.25) is 9.59 Å². The van der Waals surface area contributed by atoms with Crippen LogP contribution in [-0.4, -0.2) is 37.0 Å². The van der Waals surface area contributed by atoms with Crippen molar-refractivity contribution < 1.29 is 14.3 Å². The number of nitrogens with zero attached hydrogens (tertiary/aromatic N) is 1. The maximum absolute atomic E-state index is 11.8. The smallest absolute Gasteiger partial charge is 0.307 e. The molecule has 0 saturated heterocycles. The molecule has 0 atom stereocenters. The van der Waals surface area contributed by atoms with E-state index in [-0.39, 0.29) is 24.2 Å². The van der Waals surface area contributed by atoms with Crippen LogP contribution in [0.25, 0.3) is 0 Å². The van der Waals surface area contributed by atoms with Crippen molar-refractivity contribution in [3.05, 3.63) is 0 Å². The van der Waals surface area contributed by atoms with E-state index in [0.717, 1.165) is 19.4 Å². The molecule has 4 nitrogen and oxygen atoms in total. The van der Waals surface area contributed by atoms with E-state index in [1.165, 1.54) is 7.11 Å². The van der Waals surface area contributed by atoms with Crippen LogP contribution in [0.15, 0.2) is 0 Å². The first kappa shape index (κ1) is 14.9. The molecule has 0 aliphatic heterocycles.